The van der Waals surface area contributed by atoms with Gasteiger partial charge in [0.25, 0.3) is 5.69 Å². The molecular weight excluding hydrogens is 236 g/mol. The van der Waals surface area contributed by atoms with Crippen molar-refractivity contribution < 1.29 is 14.4 Å². The van der Waals surface area contributed by atoms with E-state index in [0.717, 1.165) is 0 Å². The number of methoxy groups -OCH3 is 2. The summed E-state index contributed by atoms with van der Waals surface area (Å²) < 4.78 is 10.4. The highest BCUT2D eigenvalue weighted by Crippen LogP contribution is 2.37. The molecule has 0 atom stereocenters. The van der Waals surface area contributed by atoms with Crippen molar-refractivity contribution in [3.05, 3.63) is 34.0 Å². The van der Waals surface area contributed by atoms with Crippen LogP contribution in [0.15, 0.2) is 18.3 Å². The molecule has 1 aromatic heterocycles. The topological polar surface area (TPSA) is 74.5 Å². The molecule has 0 aliphatic carbocycles. The van der Waals surface area contributed by atoms with Crippen molar-refractivity contribution in [1.82, 2.24) is 4.98 Å². The Morgan fingerprint density at radius 2 is 2.00 bits per heavy atom. The van der Waals surface area contributed by atoms with Gasteiger partial charge in [-0.25, -0.2) is 4.98 Å². The van der Waals surface area contributed by atoms with E-state index in [1.165, 1.54) is 20.4 Å². The largest absolute Gasteiger partial charge is 0.493 e. The number of ether oxygens (including phenoxy) is 2. The van der Waals surface area contributed by atoms with E-state index in [1.54, 1.807) is 19.1 Å². The molecule has 1 aromatic carbocycles. The molecule has 0 amide bonds. The molecule has 0 radical (unpaired) electrons. The van der Waals surface area contributed by atoms with Crippen LogP contribution in [0.3, 0.4) is 0 Å². The third-order valence-corrected chi connectivity index (χ3v) is 2.82. The molecular formula is C12H12N2O4. The van der Waals surface area contributed by atoms with Crippen LogP contribution < -0.4 is 9.47 Å². The van der Waals surface area contributed by atoms with Gasteiger partial charge < -0.3 is 9.47 Å². The van der Waals surface area contributed by atoms with Crippen LogP contribution in [0.2, 0.25) is 0 Å². The molecule has 0 bridgehead atoms. The van der Waals surface area contributed by atoms with E-state index in [9.17, 15) is 10.1 Å². The van der Waals surface area contributed by atoms with Crippen molar-refractivity contribution in [2.45, 2.75) is 6.92 Å². The Balaban J connectivity index is 2.82. The summed E-state index contributed by atoms with van der Waals surface area (Å²) in [6.07, 6.45) is 1.24. The van der Waals surface area contributed by atoms with Crippen LogP contribution in [0.25, 0.3) is 10.9 Å². The van der Waals surface area contributed by atoms with Crippen LogP contribution in [0.1, 0.15) is 5.56 Å². The number of nitro groups is 1. The van der Waals surface area contributed by atoms with Crippen molar-refractivity contribution in [3.63, 3.8) is 0 Å². The molecule has 0 unspecified atom stereocenters. The first-order chi connectivity index (χ1) is 8.60. The van der Waals surface area contributed by atoms with E-state index >= 15 is 0 Å². The van der Waals surface area contributed by atoms with Gasteiger partial charge in [-0.15, -0.1) is 0 Å². The summed E-state index contributed by atoms with van der Waals surface area (Å²) in [6.45, 7) is 1.69. The lowest BCUT2D eigenvalue weighted by Crippen LogP contribution is -1.97. The molecule has 18 heavy (non-hydrogen) atoms. The van der Waals surface area contributed by atoms with Crippen LogP contribution in [-0.2, 0) is 0 Å². The summed E-state index contributed by atoms with van der Waals surface area (Å²) in [5, 5.41) is 11.5. The first-order valence-corrected chi connectivity index (χ1v) is 5.24. The minimum absolute atomic E-state index is 0.00489. The Morgan fingerprint density at radius 3 is 2.56 bits per heavy atom. The number of fused-ring (bicyclic) bond motifs is 1. The first-order valence-electron chi connectivity index (χ1n) is 5.24. The summed E-state index contributed by atoms with van der Waals surface area (Å²) in [7, 11) is 3.04. The quantitative estimate of drug-likeness (QED) is 0.616. The number of hydrogen-bond acceptors (Lipinski definition) is 5. The van der Waals surface area contributed by atoms with Gasteiger partial charge in [-0.3, -0.25) is 10.1 Å². The van der Waals surface area contributed by atoms with Gasteiger partial charge >= 0.3 is 0 Å². The van der Waals surface area contributed by atoms with Crippen molar-refractivity contribution in [2.75, 3.05) is 14.2 Å². The highest BCUT2D eigenvalue weighted by molar-refractivity contribution is 5.91. The Hall–Kier alpha value is -2.37. The summed E-state index contributed by atoms with van der Waals surface area (Å²) in [5.74, 6) is 1.03. The fourth-order valence-corrected chi connectivity index (χ4v) is 1.89. The second-order valence-electron chi connectivity index (χ2n) is 3.72. The van der Waals surface area contributed by atoms with E-state index in [4.69, 9.17) is 9.47 Å². The van der Waals surface area contributed by atoms with Crippen LogP contribution in [0, 0.1) is 17.0 Å². The third kappa shape index (κ3) is 1.71. The second-order valence-corrected chi connectivity index (χ2v) is 3.72. The van der Waals surface area contributed by atoms with Gasteiger partial charge in [-0.05, 0) is 19.1 Å². The summed E-state index contributed by atoms with van der Waals surface area (Å²) in [5.41, 5.74) is 1.11. The molecule has 0 spiro atoms. The van der Waals surface area contributed by atoms with Crippen molar-refractivity contribution in [2.24, 2.45) is 0 Å². The average molecular weight is 248 g/mol. The molecule has 2 aromatic rings. The van der Waals surface area contributed by atoms with Gasteiger partial charge in [0, 0.05) is 10.9 Å². The summed E-state index contributed by atoms with van der Waals surface area (Å²) in [6, 6.07) is 3.45. The van der Waals surface area contributed by atoms with Gasteiger partial charge in [0.15, 0.2) is 11.5 Å². The highest BCUT2D eigenvalue weighted by Gasteiger charge is 2.18. The van der Waals surface area contributed by atoms with Gasteiger partial charge in [0.2, 0.25) is 0 Å². The maximum absolute atomic E-state index is 10.9. The average Bonchev–Trinajstić information content (AvgIpc) is 2.37. The predicted octanol–water partition coefficient (Wildman–Crippen LogP) is 2.47. The molecule has 2 rings (SSSR count). The fourth-order valence-electron chi connectivity index (χ4n) is 1.89. The minimum atomic E-state index is -0.446. The van der Waals surface area contributed by atoms with Gasteiger partial charge in [-0.2, -0.15) is 0 Å². The molecule has 0 fully saturated rings. The zero-order chi connectivity index (χ0) is 13.3. The van der Waals surface area contributed by atoms with E-state index in [2.05, 4.69) is 4.98 Å². The predicted molar refractivity (Wildman–Crippen MR) is 66.2 cm³/mol. The standard InChI is InChI=1S/C12H12N2O4/c1-7-8-4-5-10(17-2)12(18-3)11(8)13-6-9(7)14(15)16/h4-6H,1-3H3. The lowest BCUT2D eigenvalue weighted by molar-refractivity contribution is -0.385. The number of benzene rings is 1. The van der Waals surface area contributed by atoms with E-state index < -0.39 is 4.92 Å². The highest BCUT2D eigenvalue weighted by atomic mass is 16.6. The molecule has 1 heterocycles. The Kier molecular flexibility index (Phi) is 3.01. The first kappa shape index (κ1) is 12.1. The molecule has 6 heteroatoms. The molecule has 0 aliphatic heterocycles. The van der Waals surface area contributed by atoms with Gasteiger partial charge in [0.05, 0.1) is 19.1 Å². The number of pyridine rings is 1. The summed E-state index contributed by atoms with van der Waals surface area (Å²) in [4.78, 5) is 14.5. The number of nitrogens with zero attached hydrogens (tertiary/aromatic N) is 2. The van der Waals surface area contributed by atoms with Gasteiger partial charge in [-0.1, -0.05) is 0 Å². The Labute approximate surface area is 103 Å². The summed E-state index contributed by atoms with van der Waals surface area (Å²) >= 11 is 0. The Morgan fingerprint density at radius 1 is 1.28 bits per heavy atom. The van der Waals surface area contributed by atoms with Crippen LogP contribution in [0.5, 0.6) is 11.5 Å². The minimum Gasteiger partial charge on any atom is -0.493 e. The lowest BCUT2D eigenvalue weighted by Gasteiger charge is -2.11. The van der Waals surface area contributed by atoms with Gasteiger partial charge in [0.1, 0.15) is 11.7 Å². The second kappa shape index (κ2) is 4.48. The molecule has 0 saturated heterocycles. The smallest absolute Gasteiger partial charge is 0.291 e. The van der Waals surface area contributed by atoms with Crippen molar-refractivity contribution >= 4 is 16.6 Å². The van der Waals surface area contributed by atoms with Crippen LogP contribution in [-0.4, -0.2) is 24.1 Å². The molecule has 0 saturated carbocycles. The molecule has 6 nitrogen and oxygen atoms in total. The SMILES string of the molecule is COc1ccc2c(C)c([N+](=O)[O-])cnc2c1OC. The van der Waals surface area contributed by atoms with Crippen LogP contribution in [0.4, 0.5) is 5.69 Å². The number of aromatic nitrogens is 1. The zero-order valence-electron chi connectivity index (χ0n) is 10.3. The van der Waals surface area contributed by atoms with E-state index in [-0.39, 0.29) is 5.69 Å². The maximum atomic E-state index is 10.9. The Bertz CT molecular complexity index is 625. The fraction of sp³-hybridized carbons (Fsp3) is 0.250. The normalized spacial score (nSPS) is 10.4. The zero-order valence-corrected chi connectivity index (χ0v) is 10.3. The number of aryl methyl sites for hydroxylation is 1. The maximum Gasteiger partial charge on any atom is 0.291 e. The monoisotopic (exact) mass is 248 g/mol. The third-order valence-electron chi connectivity index (χ3n) is 2.82. The molecule has 0 aliphatic rings. The van der Waals surface area contributed by atoms with E-state index in [1.807, 2.05) is 0 Å². The van der Waals surface area contributed by atoms with Crippen molar-refractivity contribution in [3.8, 4) is 11.5 Å². The van der Waals surface area contributed by atoms with Crippen LogP contribution >= 0.6 is 0 Å². The molecule has 94 valence electrons. The van der Waals surface area contributed by atoms with Crippen molar-refractivity contribution in [1.29, 1.82) is 0 Å². The number of rotatable bonds is 3. The molecule has 0 N–H and O–H groups in total. The lowest BCUT2D eigenvalue weighted by atomic mass is 10.1. The van der Waals surface area contributed by atoms with E-state index in [0.29, 0.717) is 28.0 Å². The number of hydrogen-bond donors (Lipinski definition) is 0.